The van der Waals surface area contributed by atoms with Crippen molar-refractivity contribution in [3.8, 4) is 0 Å². The van der Waals surface area contributed by atoms with Crippen molar-refractivity contribution in [2.24, 2.45) is 0 Å². The summed E-state index contributed by atoms with van der Waals surface area (Å²) in [6, 6.07) is 20.9. The van der Waals surface area contributed by atoms with Gasteiger partial charge in [-0.25, -0.2) is 4.98 Å². The number of hydrogen-bond acceptors (Lipinski definition) is 4. The molecule has 2 amide bonds. The van der Waals surface area contributed by atoms with Crippen LogP contribution in [-0.2, 0) is 24.3 Å². The Labute approximate surface area is 180 Å². The second-order valence-electron chi connectivity index (χ2n) is 7.20. The second kappa shape index (κ2) is 9.75. The summed E-state index contributed by atoms with van der Waals surface area (Å²) in [5.74, 6) is 0.809. The van der Waals surface area contributed by atoms with Gasteiger partial charge in [0.25, 0.3) is 5.91 Å². The maximum atomic E-state index is 12.6. The molecule has 0 saturated carbocycles. The topological polar surface area (TPSA) is 89.2 Å². The van der Waals surface area contributed by atoms with Crippen molar-refractivity contribution in [3.05, 3.63) is 90.1 Å². The largest absolute Gasteiger partial charge is 0.459 e. The molecule has 0 atom stereocenters. The van der Waals surface area contributed by atoms with E-state index in [0.717, 1.165) is 22.4 Å². The Morgan fingerprint density at radius 3 is 2.55 bits per heavy atom. The Kier molecular flexibility index (Phi) is 6.42. The number of nitrogens with one attached hydrogen (secondary N) is 2. The number of aryl methyl sites for hydroxylation is 1. The first-order chi connectivity index (χ1) is 15.2. The van der Waals surface area contributed by atoms with Crippen LogP contribution in [0.15, 0.2) is 77.4 Å². The minimum Gasteiger partial charge on any atom is -0.459 e. The number of para-hydroxylation sites is 2. The number of benzene rings is 2. The van der Waals surface area contributed by atoms with Crippen LogP contribution in [0.2, 0.25) is 0 Å². The molecule has 2 aromatic carbocycles. The zero-order valence-corrected chi connectivity index (χ0v) is 17.1. The summed E-state index contributed by atoms with van der Waals surface area (Å²) in [5.41, 5.74) is 2.83. The summed E-state index contributed by atoms with van der Waals surface area (Å²) in [7, 11) is 0. The highest BCUT2D eigenvalue weighted by molar-refractivity contribution is 5.91. The van der Waals surface area contributed by atoms with Gasteiger partial charge in [-0.2, -0.15) is 0 Å². The lowest BCUT2D eigenvalue weighted by molar-refractivity contribution is -0.121. The molecule has 31 heavy (non-hydrogen) atoms. The third-order valence-corrected chi connectivity index (χ3v) is 4.98. The molecule has 7 nitrogen and oxygen atoms in total. The van der Waals surface area contributed by atoms with E-state index < -0.39 is 0 Å². The van der Waals surface area contributed by atoms with E-state index in [1.807, 2.05) is 59.2 Å². The molecular weight excluding hydrogens is 392 g/mol. The standard InChI is InChI=1S/C24H24N4O3/c29-23(26-16-18-8-2-1-3-9-18)17-28-20-11-5-4-10-19(20)27-22(28)13-6-14-25-24(30)21-12-7-15-31-21/h1-5,7-12,15H,6,13-14,16-17H2,(H,25,30)(H,26,29). The van der Waals surface area contributed by atoms with Gasteiger partial charge in [-0.15, -0.1) is 0 Å². The first-order valence-corrected chi connectivity index (χ1v) is 10.3. The molecule has 0 fully saturated rings. The smallest absolute Gasteiger partial charge is 0.286 e. The van der Waals surface area contributed by atoms with Gasteiger partial charge >= 0.3 is 0 Å². The number of hydrogen-bond donors (Lipinski definition) is 2. The average molecular weight is 416 g/mol. The van der Waals surface area contributed by atoms with E-state index in [-0.39, 0.29) is 18.4 Å². The van der Waals surface area contributed by atoms with Crippen molar-refractivity contribution in [1.29, 1.82) is 0 Å². The molecule has 4 aromatic rings. The van der Waals surface area contributed by atoms with Gasteiger partial charge in [0, 0.05) is 19.5 Å². The summed E-state index contributed by atoms with van der Waals surface area (Å²) in [4.78, 5) is 29.3. The zero-order chi connectivity index (χ0) is 21.5. The lowest BCUT2D eigenvalue weighted by atomic mass is 10.2. The summed E-state index contributed by atoms with van der Waals surface area (Å²) in [5, 5.41) is 5.81. The Morgan fingerprint density at radius 1 is 0.935 bits per heavy atom. The molecule has 0 aliphatic rings. The third-order valence-electron chi connectivity index (χ3n) is 4.98. The lowest BCUT2D eigenvalue weighted by Crippen LogP contribution is -2.28. The van der Waals surface area contributed by atoms with Crippen molar-refractivity contribution in [1.82, 2.24) is 20.2 Å². The van der Waals surface area contributed by atoms with Gasteiger partial charge in [-0.05, 0) is 36.2 Å². The van der Waals surface area contributed by atoms with E-state index in [2.05, 4.69) is 10.6 Å². The highest BCUT2D eigenvalue weighted by Crippen LogP contribution is 2.17. The lowest BCUT2D eigenvalue weighted by Gasteiger charge is -2.10. The number of imidazole rings is 1. The molecule has 0 bridgehead atoms. The van der Waals surface area contributed by atoms with Crippen LogP contribution in [0.25, 0.3) is 11.0 Å². The fraction of sp³-hybridized carbons (Fsp3) is 0.208. The van der Waals surface area contributed by atoms with Gasteiger partial charge in [0.2, 0.25) is 5.91 Å². The van der Waals surface area contributed by atoms with Crippen LogP contribution in [0.1, 0.15) is 28.4 Å². The Balaban J connectivity index is 1.38. The molecule has 7 heteroatoms. The van der Waals surface area contributed by atoms with Gasteiger partial charge in [0.05, 0.1) is 17.3 Å². The summed E-state index contributed by atoms with van der Waals surface area (Å²) < 4.78 is 7.04. The van der Waals surface area contributed by atoms with Gasteiger partial charge in [0.15, 0.2) is 5.76 Å². The van der Waals surface area contributed by atoms with Crippen molar-refractivity contribution < 1.29 is 14.0 Å². The molecule has 0 saturated heterocycles. The number of carbonyl (C=O) groups excluding carboxylic acids is 2. The van der Waals surface area contributed by atoms with Crippen molar-refractivity contribution in [3.63, 3.8) is 0 Å². The highest BCUT2D eigenvalue weighted by Gasteiger charge is 2.14. The zero-order valence-electron chi connectivity index (χ0n) is 17.1. The number of furan rings is 1. The predicted molar refractivity (Wildman–Crippen MR) is 117 cm³/mol. The quantitative estimate of drug-likeness (QED) is 0.410. The first-order valence-electron chi connectivity index (χ1n) is 10.3. The molecule has 0 radical (unpaired) electrons. The maximum absolute atomic E-state index is 12.6. The van der Waals surface area contributed by atoms with Gasteiger partial charge in [-0.3, -0.25) is 9.59 Å². The number of fused-ring (bicyclic) bond motifs is 1. The number of amides is 2. The molecule has 0 aliphatic carbocycles. The van der Waals surface area contributed by atoms with Gasteiger partial charge in [0.1, 0.15) is 12.4 Å². The van der Waals surface area contributed by atoms with E-state index in [1.54, 1.807) is 12.1 Å². The minimum absolute atomic E-state index is 0.0700. The average Bonchev–Trinajstić information content (AvgIpc) is 3.45. The number of rotatable bonds is 9. The third kappa shape index (κ3) is 5.19. The molecular formula is C24H24N4O3. The fourth-order valence-electron chi connectivity index (χ4n) is 3.43. The Morgan fingerprint density at radius 2 is 1.74 bits per heavy atom. The van der Waals surface area contributed by atoms with Gasteiger partial charge in [-0.1, -0.05) is 42.5 Å². The molecule has 0 unspecified atom stereocenters. The summed E-state index contributed by atoms with van der Waals surface area (Å²) in [6.07, 6.45) is 2.81. The summed E-state index contributed by atoms with van der Waals surface area (Å²) in [6.45, 7) is 1.17. The van der Waals surface area contributed by atoms with Crippen molar-refractivity contribution in [2.75, 3.05) is 6.54 Å². The Hall–Kier alpha value is -3.87. The normalized spacial score (nSPS) is 10.8. The van der Waals surface area contributed by atoms with Crippen LogP contribution >= 0.6 is 0 Å². The van der Waals surface area contributed by atoms with Crippen LogP contribution in [-0.4, -0.2) is 27.9 Å². The fourth-order valence-corrected chi connectivity index (χ4v) is 3.43. The monoisotopic (exact) mass is 416 g/mol. The van der Waals surface area contributed by atoms with E-state index in [4.69, 9.17) is 9.40 Å². The number of nitrogens with zero attached hydrogens (tertiary/aromatic N) is 2. The summed E-state index contributed by atoms with van der Waals surface area (Å²) >= 11 is 0. The van der Waals surface area contributed by atoms with E-state index in [1.165, 1.54) is 6.26 Å². The maximum Gasteiger partial charge on any atom is 0.286 e. The first kappa shape index (κ1) is 20.4. The van der Waals surface area contributed by atoms with Crippen LogP contribution in [0.4, 0.5) is 0 Å². The second-order valence-corrected chi connectivity index (χ2v) is 7.20. The molecule has 2 N–H and O–H groups in total. The van der Waals surface area contributed by atoms with E-state index in [9.17, 15) is 9.59 Å². The molecule has 2 aromatic heterocycles. The number of carbonyl (C=O) groups is 2. The Bertz CT molecular complexity index is 1150. The molecule has 2 heterocycles. The molecule has 0 spiro atoms. The van der Waals surface area contributed by atoms with Crippen LogP contribution in [0, 0.1) is 0 Å². The van der Waals surface area contributed by atoms with Crippen molar-refractivity contribution >= 4 is 22.8 Å². The molecule has 158 valence electrons. The minimum atomic E-state index is -0.237. The molecule has 0 aliphatic heterocycles. The predicted octanol–water partition coefficient (Wildman–Crippen LogP) is 3.31. The van der Waals surface area contributed by atoms with Crippen molar-refractivity contribution in [2.45, 2.75) is 25.9 Å². The number of aromatic nitrogens is 2. The van der Waals surface area contributed by atoms with E-state index in [0.29, 0.717) is 31.7 Å². The van der Waals surface area contributed by atoms with Crippen LogP contribution in [0.3, 0.4) is 0 Å². The van der Waals surface area contributed by atoms with Crippen LogP contribution < -0.4 is 10.6 Å². The SMILES string of the molecule is O=C(Cn1c(CCCNC(=O)c2ccco2)nc2ccccc21)NCc1ccccc1. The van der Waals surface area contributed by atoms with Gasteiger partial charge < -0.3 is 19.6 Å². The van der Waals surface area contributed by atoms with Crippen LogP contribution in [0.5, 0.6) is 0 Å². The highest BCUT2D eigenvalue weighted by atomic mass is 16.3. The van der Waals surface area contributed by atoms with E-state index >= 15 is 0 Å². The molecule has 4 rings (SSSR count).